The SMILES string of the molecule is Cc1cc2nc3c(cc2c(C)n1)oc1c(-c2nc4ccccc4n2-c2c(C(C)C)cc(-c4ccccc4)cc2C(C)C)cc(Oc2cccc(-c4nc5ccccc5n4-c4c(C(C)C)cc(-c5ccccc5)cc4C(C)C)c2)cc13. The van der Waals surface area contributed by atoms with Gasteiger partial charge < -0.3 is 9.15 Å². The monoisotopic (exact) mass is 1040 g/mol. The summed E-state index contributed by atoms with van der Waals surface area (Å²) in [6.45, 7) is 22.4. The van der Waals surface area contributed by atoms with Crippen LogP contribution in [0, 0.1) is 13.8 Å². The first-order chi connectivity index (χ1) is 38.8. The molecule has 5 aromatic heterocycles. The number of hydrogen-bond donors (Lipinski definition) is 0. The largest absolute Gasteiger partial charge is 0.457 e. The fourth-order valence-electron chi connectivity index (χ4n) is 11.9. The predicted octanol–water partition coefficient (Wildman–Crippen LogP) is 19.8. The first kappa shape index (κ1) is 50.4. The van der Waals surface area contributed by atoms with E-state index in [4.69, 9.17) is 29.1 Å². The molecule has 13 rings (SSSR count). The van der Waals surface area contributed by atoms with Crippen molar-refractivity contribution < 1.29 is 9.15 Å². The summed E-state index contributed by atoms with van der Waals surface area (Å²) in [6.07, 6.45) is 0. The fourth-order valence-corrected chi connectivity index (χ4v) is 11.9. The van der Waals surface area contributed by atoms with E-state index in [1.54, 1.807) is 0 Å². The predicted molar refractivity (Wildman–Crippen MR) is 330 cm³/mol. The lowest BCUT2D eigenvalue weighted by molar-refractivity contribution is 0.483. The van der Waals surface area contributed by atoms with Gasteiger partial charge in [0.2, 0.25) is 0 Å². The van der Waals surface area contributed by atoms with Crippen molar-refractivity contribution in [2.24, 2.45) is 0 Å². The van der Waals surface area contributed by atoms with Crippen molar-refractivity contribution >= 4 is 55.0 Å². The molecule has 8 aromatic carbocycles. The number of benzene rings is 8. The highest BCUT2D eigenvalue weighted by Crippen LogP contribution is 2.46. The van der Waals surface area contributed by atoms with Crippen molar-refractivity contribution in [1.29, 1.82) is 0 Å². The molecule has 0 fully saturated rings. The van der Waals surface area contributed by atoms with E-state index in [1.165, 1.54) is 50.2 Å². The van der Waals surface area contributed by atoms with Crippen molar-refractivity contribution in [3.05, 3.63) is 216 Å². The zero-order valence-electron chi connectivity index (χ0n) is 47.1. The molecular weight excluding hydrogens is 981 g/mol. The van der Waals surface area contributed by atoms with Crippen LogP contribution in [0.3, 0.4) is 0 Å². The van der Waals surface area contributed by atoms with Gasteiger partial charge in [0.25, 0.3) is 0 Å². The van der Waals surface area contributed by atoms with Gasteiger partial charge in [-0.1, -0.05) is 152 Å². The number of aryl methyl sites for hydroxylation is 2. The molecule has 394 valence electrons. The molecule has 0 amide bonds. The molecule has 0 radical (unpaired) electrons. The highest BCUT2D eigenvalue weighted by molar-refractivity contribution is 6.11. The number of furan rings is 1. The Morgan fingerprint density at radius 2 is 0.900 bits per heavy atom. The summed E-state index contributed by atoms with van der Waals surface area (Å²) in [4.78, 5) is 21.2. The van der Waals surface area contributed by atoms with Gasteiger partial charge >= 0.3 is 0 Å². The summed E-state index contributed by atoms with van der Waals surface area (Å²) in [5.41, 5.74) is 22.4. The molecule has 0 aliphatic heterocycles. The lowest BCUT2D eigenvalue weighted by Crippen LogP contribution is -2.09. The average Bonchev–Trinajstić information content (AvgIpc) is 4.23. The summed E-state index contributed by atoms with van der Waals surface area (Å²) < 4.78 is 19.1. The second-order valence-electron chi connectivity index (χ2n) is 22.7. The van der Waals surface area contributed by atoms with Gasteiger partial charge in [0.1, 0.15) is 34.2 Å². The minimum atomic E-state index is 0.182. The highest BCUT2D eigenvalue weighted by Gasteiger charge is 2.28. The molecule has 0 bridgehead atoms. The third kappa shape index (κ3) is 8.70. The van der Waals surface area contributed by atoms with Gasteiger partial charge in [-0.15, -0.1) is 0 Å². The lowest BCUT2D eigenvalue weighted by atomic mass is 9.88. The molecule has 0 atom stereocenters. The summed E-state index contributed by atoms with van der Waals surface area (Å²) in [5.74, 6) is 3.69. The molecule has 8 heteroatoms. The van der Waals surface area contributed by atoms with Crippen molar-refractivity contribution in [2.75, 3.05) is 0 Å². The maximum absolute atomic E-state index is 7.22. The van der Waals surface area contributed by atoms with Crippen LogP contribution in [0.4, 0.5) is 0 Å². The zero-order chi connectivity index (χ0) is 55.1. The van der Waals surface area contributed by atoms with E-state index < -0.39 is 0 Å². The van der Waals surface area contributed by atoms with Gasteiger partial charge in [0.05, 0.1) is 49.9 Å². The van der Waals surface area contributed by atoms with Crippen LogP contribution in [-0.4, -0.2) is 29.1 Å². The molecule has 0 saturated carbocycles. The number of fused-ring (bicyclic) bond motifs is 6. The quantitative estimate of drug-likeness (QED) is 0.121. The standard InChI is InChI=1S/C72H64N6O2/c1-41(2)54-34-50(47-22-13-11-14-23-47)35-55(42(3)4)68(54)77-64-30-19-17-28-61(64)75-71(77)49-26-21-27-52(33-49)79-53-38-59-67-66(40-58-46(10)73-45(9)32-63(58)74-67)80-70(59)60(39-53)72-76-62-29-18-20-31-65(62)78(72)69-56(43(5)6)36-51(37-57(69)44(7)8)48-24-15-12-16-25-48/h11-44H,1-10H3. The Balaban J connectivity index is 1.03. The van der Waals surface area contributed by atoms with Gasteiger partial charge in [-0.05, 0) is 167 Å². The molecule has 0 unspecified atom stereocenters. The molecule has 5 heterocycles. The van der Waals surface area contributed by atoms with Gasteiger partial charge in [-0.3, -0.25) is 14.1 Å². The minimum absolute atomic E-state index is 0.182. The van der Waals surface area contributed by atoms with Gasteiger partial charge in [0.15, 0.2) is 5.58 Å². The van der Waals surface area contributed by atoms with Gasteiger partial charge in [0, 0.05) is 22.3 Å². The molecule has 8 nitrogen and oxygen atoms in total. The maximum atomic E-state index is 7.22. The van der Waals surface area contributed by atoms with Crippen LogP contribution in [0.5, 0.6) is 11.5 Å². The minimum Gasteiger partial charge on any atom is -0.457 e. The molecule has 0 aliphatic rings. The second kappa shape index (κ2) is 19.9. The third-order valence-corrected chi connectivity index (χ3v) is 15.8. The Morgan fingerprint density at radius 1 is 0.400 bits per heavy atom. The van der Waals surface area contributed by atoms with Crippen molar-refractivity contribution in [2.45, 2.75) is 92.9 Å². The van der Waals surface area contributed by atoms with Crippen molar-refractivity contribution in [1.82, 2.24) is 29.1 Å². The molecule has 0 N–H and O–H groups in total. The first-order valence-electron chi connectivity index (χ1n) is 28.1. The fraction of sp³-hybridized carbons (Fsp3) is 0.194. The second-order valence-corrected chi connectivity index (χ2v) is 22.7. The number of para-hydroxylation sites is 4. The maximum Gasteiger partial charge on any atom is 0.154 e. The van der Waals surface area contributed by atoms with Crippen LogP contribution in [0.25, 0.3) is 111 Å². The number of aromatic nitrogens is 6. The van der Waals surface area contributed by atoms with E-state index in [1.807, 2.05) is 26.0 Å². The molecule has 80 heavy (non-hydrogen) atoms. The summed E-state index contributed by atoms with van der Waals surface area (Å²) >= 11 is 0. The van der Waals surface area contributed by atoms with Crippen LogP contribution in [0.15, 0.2) is 186 Å². The van der Waals surface area contributed by atoms with E-state index in [-0.39, 0.29) is 23.7 Å². The number of rotatable bonds is 12. The Hall–Kier alpha value is -9.14. The Bertz CT molecular complexity index is 4480. The topological polar surface area (TPSA) is 83.8 Å². The molecule has 0 aliphatic carbocycles. The van der Waals surface area contributed by atoms with E-state index in [0.717, 1.165) is 83.7 Å². The average molecular weight is 1050 g/mol. The van der Waals surface area contributed by atoms with Gasteiger partial charge in [-0.2, -0.15) is 0 Å². The molecule has 0 saturated heterocycles. The molecular formula is C72H64N6O2. The highest BCUT2D eigenvalue weighted by atomic mass is 16.5. The summed E-state index contributed by atoms with van der Waals surface area (Å²) in [5, 5.41) is 1.78. The van der Waals surface area contributed by atoms with E-state index in [2.05, 4.69) is 234 Å². The smallest absolute Gasteiger partial charge is 0.154 e. The summed E-state index contributed by atoms with van der Waals surface area (Å²) in [7, 11) is 0. The van der Waals surface area contributed by atoms with Crippen molar-refractivity contribution in [3.63, 3.8) is 0 Å². The first-order valence-corrected chi connectivity index (χ1v) is 28.1. The lowest BCUT2D eigenvalue weighted by Gasteiger charge is -2.24. The van der Waals surface area contributed by atoms with E-state index >= 15 is 0 Å². The van der Waals surface area contributed by atoms with Crippen LogP contribution in [0.1, 0.15) is 113 Å². The van der Waals surface area contributed by atoms with Crippen LogP contribution in [-0.2, 0) is 0 Å². The zero-order valence-corrected chi connectivity index (χ0v) is 47.1. The van der Waals surface area contributed by atoms with Crippen molar-refractivity contribution in [3.8, 4) is 67.9 Å². The van der Waals surface area contributed by atoms with Gasteiger partial charge in [-0.25, -0.2) is 15.0 Å². The number of ether oxygens (including phenoxy) is 1. The van der Waals surface area contributed by atoms with E-state index in [0.29, 0.717) is 22.7 Å². The number of pyridine rings is 2. The van der Waals surface area contributed by atoms with E-state index in [9.17, 15) is 0 Å². The normalized spacial score (nSPS) is 12.1. The number of imidazole rings is 2. The Kier molecular flexibility index (Phi) is 12.6. The number of hydrogen-bond acceptors (Lipinski definition) is 6. The summed E-state index contributed by atoms with van der Waals surface area (Å²) in [6, 6.07) is 64.5. The molecule has 0 spiro atoms. The Morgan fingerprint density at radius 3 is 1.45 bits per heavy atom. The van der Waals surface area contributed by atoms with Crippen LogP contribution in [0.2, 0.25) is 0 Å². The van der Waals surface area contributed by atoms with Crippen LogP contribution >= 0.6 is 0 Å². The third-order valence-electron chi connectivity index (χ3n) is 15.8. The van der Waals surface area contributed by atoms with Crippen LogP contribution < -0.4 is 4.74 Å². The Labute approximate surface area is 467 Å². The molecule has 13 aromatic rings. The number of nitrogens with zero attached hydrogens (tertiary/aromatic N) is 6.